The first-order chi connectivity index (χ1) is 7.30. The minimum Gasteiger partial charge on any atom is -0.355 e. The number of piperidine rings is 2. The zero-order chi connectivity index (χ0) is 10.3. The van der Waals surface area contributed by atoms with E-state index in [1.165, 1.54) is 51.4 Å². The lowest BCUT2D eigenvalue weighted by atomic mass is 9.52. The van der Waals surface area contributed by atoms with Crippen molar-refractivity contribution in [2.75, 3.05) is 6.54 Å². The van der Waals surface area contributed by atoms with E-state index in [0.717, 1.165) is 12.5 Å². The summed E-state index contributed by atoms with van der Waals surface area (Å²) in [5, 5.41) is 3.10. The highest BCUT2D eigenvalue weighted by Gasteiger charge is 2.54. The third kappa shape index (κ3) is 1.49. The van der Waals surface area contributed by atoms with E-state index in [-0.39, 0.29) is 0 Å². The van der Waals surface area contributed by atoms with Crippen molar-refractivity contribution in [1.29, 1.82) is 0 Å². The fourth-order valence-corrected chi connectivity index (χ4v) is 4.03. The number of carbonyl (C=O) groups excluding carboxylic acids is 1. The molecule has 4 aliphatic rings. The first kappa shape index (κ1) is 9.68. The molecule has 2 heteroatoms. The maximum atomic E-state index is 11.4. The summed E-state index contributed by atoms with van der Waals surface area (Å²) in [6.45, 7) is 0.979. The zero-order valence-electron chi connectivity index (χ0n) is 9.43. The normalized spacial score (nSPS) is 41.6. The molecule has 4 fully saturated rings. The van der Waals surface area contributed by atoms with E-state index in [4.69, 9.17) is 0 Å². The second-order valence-corrected chi connectivity index (χ2v) is 5.87. The monoisotopic (exact) mass is 207 g/mol. The van der Waals surface area contributed by atoms with Gasteiger partial charge < -0.3 is 5.32 Å². The van der Waals surface area contributed by atoms with E-state index in [1.54, 1.807) is 0 Å². The molecule has 0 unspecified atom stereocenters. The van der Waals surface area contributed by atoms with E-state index in [1.807, 2.05) is 0 Å². The third-order valence-electron chi connectivity index (χ3n) is 5.01. The molecule has 1 amide bonds. The second-order valence-electron chi connectivity index (χ2n) is 5.87. The number of carbonyl (C=O) groups is 1. The summed E-state index contributed by atoms with van der Waals surface area (Å²) < 4.78 is 0. The van der Waals surface area contributed by atoms with Crippen molar-refractivity contribution in [1.82, 2.24) is 5.32 Å². The molecule has 2 aliphatic carbocycles. The molecule has 1 N–H and O–H groups in total. The smallest absolute Gasteiger partial charge is 0.223 e. The first-order valence-electron chi connectivity index (χ1n) is 6.58. The minimum absolute atomic E-state index is 0.325. The predicted molar refractivity (Wildman–Crippen MR) is 59.4 cm³/mol. The molecule has 0 aromatic heterocycles. The summed E-state index contributed by atoms with van der Waals surface area (Å²) in [5.74, 6) is 1.62. The average Bonchev–Trinajstić information content (AvgIpc) is 2.45. The fraction of sp³-hybridized carbons (Fsp3) is 0.923. The molecule has 2 nitrogen and oxygen atoms in total. The van der Waals surface area contributed by atoms with E-state index < -0.39 is 0 Å². The van der Waals surface area contributed by atoms with Crippen LogP contribution < -0.4 is 5.32 Å². The summed E-state index contributed by atoms with van der Waals surface area (Å²) >= 11 is 0. The van der Waals surface area contributed by atoms with Gasteiger partial charge in [-0.2, -0.15) is 0 Å². The molecule has 15 heavy (non-hydrogen) atoms. The molecule has 0 aromatic rings. The zero-order valence-corrected chi connectivity index (χ0v) is 9.43. The topological polar surface area (TPSA) is 29.1 Å². The van der Waals surface area contributed by atoms with Crippen LogP contribution in [0, 0.1) is 17.3 Å². The Labute approximate surface area is 91.8 Å². The van der Waals surface area contributed by atoms with Crippen LogP contribution in [0.3, 0.4) is 0 Å². The van der Waals surface area contributed by atoms with E-state index >= 15 is 0 Å². The summed E-state index contributed by atoms with van der Waals surface area (Å²) in [6, 6.07) is 0. The molecule has 0 radical (unpaired) electrons. The molecule has 4 rings (SSSR count). The highest BCUT2D eigenvalue weighted by Crippen LogP contribution is 2.56. The van der Waals surface area contributed by atoms with Crippen molar-refractivity contribution in [2.45, 2.75) is 51.4 Å². The molecular formula is C13H21NO. The van der Waals surface area contributed by atoms with Crippen molar-refractivity contribution in [3.8, 4) is 0 Å². The van der Waals surface area contributed by atoms with Crippen LogP contribution in [0.2, 0.25) is 0 Å². The quantitative estimate of drug-likeness (QED) is 0.658. The number of fused-ring (bicyclic) bond motifs is 2. The van der Waals surface area contributed by atoms with Gasteiger partial charge in [-0.3, -0.25) is 4.79 Å². The molecule has 84 valence electrons. The van der Waals surface area contributed by atoms with Crippen molar-refractivity contribution in [3.63, 3.8) is 0 Å². The number of rotatable bonds is 1. The van der Waals surface area contributed by atoms with Gasteiger partial charge in [-0.15, -0.1) is 0 Å². The Morgan fingerprint density at radius 2 is 1.73 bits per heavy atom. The molecule has 2 heterocycles. The SMILES string of the molecule is O=C1NCC2(C3CCCCCC3)CC1C2. The van der Waals surface area contributed by atoms with Crippen LogP contribution in [0.5, 0.6) is 0 Å². The van der Waals surface area contributed by atoms with Gasteiger partial charge in [0.05, 0.1) is 0 Å². The molecule has 0 atom stereocenters. The fourth-order valence-electron chi connectivity index (χ4n) is 4.03. The lowest BCUT2D eigenvalue weighted by Crippen LogP contribution is -2.60. The van der Waals surface area contributed by atoms with E-state index in [0.29, 0.717) is 17.2 Å². The lowest BCUT2D eigenvalue weighted by molar-refractivity contribution is -0.146. The predicted octanol–water partition coefficient (Wildman–Crippen LogP) is 2.48. The van der Waals surface area contributed by atoms with Crippen molar-refractivity contribution in [2.24, 2.45) is 17.3 Å². The molecule has 2 saturated carbocycles. The Hall–Kier alpha value is -0.530. The van der Waals surface area contributed by atoms with Gasteiger partial charge in [-0.1, -0.05) is 25.7 Å². The van der Waals surface area contributed by atoms with Crippen molar-refractivity contribution < 1.29 is 4.79 Å². The Kier molecular flexibility index (Phi) is 2.26. The summed E-state index contributed by atoms with van der Waals surface area (Å²) in [6.07, 6.45) is 10.9. The summed E-state index contributed by atoms with van der Waals surface area (Å²) in [4.78, 5) is 11.4. The van der Waals surface area contributed by atoms with Crippen LogP contribution >= 0.6 is 0 Å². The van der Waals surface area contributed by atoms with Crippen LogP contribution in [0.15, 0.2) is 0 Å². The van der Waals surface area contributed by atoms with Gasteiger partial charge in [-0.25, -0.2) is 0 Å². The van der Waals surface area contributed by atoms with Gasteiger partial charge in [0.1, 0.15) is 0 Å². The highest BCUT2D eigenvalue weighted by atomic mass is 16.2. The molecule has 0 aromatic carbocycles. The standard InChI is InChI=1S/C13H21NO/c15-12-10-7-13(8-10,9-14-12)11-5-3-1-2-4-6-11/h10-11H,1-9H2,(H,14,15). The maximum absolute atomic E-state index is 11.4. The minimum atomic E-state index is 0.325. The van der Waals surface area contributed by atoms with Crippen molar-refractivity contribution in [3.05, 3.63) is 0 Å². The van der Waals surface area contributed by atoms with E-state index in [9.17, 15) is 4.79 Å². The lowest BCUT2D eigenvalue weighted by Gasteiger charge is -2.56. The summed E-state index contributed by atoms with van der Waals surface area (Å²) in [5.41, 5.74) is 0.531. The van der Waals surface area contributed by atoms with Crippen LogP contribution in [-0.2, 0) is 4.79 Å². The molecule has 2 bridgehead atoms. The van der Waals surface area contributed by atoms with Gasteiger partial charge >= 0.3 is 0 Å². The van der Waals surface area contributed by atoms with Crippen LogP contribution in [0.1, 0.15) is 51.4 Å². The van der Waals surface area contributed by atoms with Gasteiger partial charge in [-0.05, 0) is 37.0 Å². The molecule has 2 saturated heterocycles. The Morgan fingerprint density at radius 1 is 1.07 bits per heavy atom. The van der Waals surface area contributed by atoms with Gasteiger partial charge in [0, 0.05) is 12.5 Å². The second kappa shape index (κ2) is 3.50. The van der Waals surface area contributed by atoms with Crippen LogP contribution in [-0.4, -0.2) is 12.5 Å². The third-order valence-corrected chi connectivity index (χ3v) is 5.01. The molecule has 0 spiro atoms. The largest absolute Gasteiger partial charge is 0.355 e. The maximum Gasteiger partial charge on any atom is 0.223 e. The number of nitrogens with one attached hydrogen (secondary N) is 1. The Morgan fingerprint density at radius 3 is 2.27 bits per heavy atom. The van der Waals surface area contributed by atoms with Gasteiger partial charge in [0.15, 0.2) is 0 Å². The Balaban J connectivity index is 1.69. The van der Waals surface area contributed by atoms with Crippen molar-refractivity contribution >= 4 is 5.91 Å². The first-order valence-corrected chi connectivity index (χ1v) is 6.58. The summed E-state index contributed by atoms with van der Waals surface area (Å²) in [7, 11) is 0. The Bertz CT molecular complexity index is 254. The highest BCUT2D eigenvalue weighted by molar-refractivity contribution is 5.81. The van der Waals surface area contributed by atoms with Crippen LogP contribution in [0.4, 0.5) is 0 Å². The number of hydrogen-bond acceptors (Lipinski definition) is 1. The number of amides is 1. The van der Waals surface area contributed by atoms with Gasteiger partial charge in [0.25, 0.3) is 0 Å². The molecular weight excluding hydrogens is 186 g/mol. The average molecular weight is 207 g/mol. The number of hydrogen-bond donors (Lipinski definition) is 1. The van der Waals surface area contributed by atoms with E-state index in [2.05, 4.69) is 5.32 Å². The van der Waals surface area contributed by atoms with Crippen LogP contribution in [0.25, 0.3) is 0 Å². The molecule has 2 aliphatic heterocycles. The van der Waals surface area contributed by atoms with Gasteiger partial charge in [0.2, 0.25) is 5.91 Å².